The van der Waals surface area contributed by atoms with Crippen molar-refractivity contribution in [2.45, 2.75) is 12.5 Å². The SMILES string of the molecule is O=C(Nc1cc(-c2ccc(-c3ccccc3)cc2)sc1C(=O)O)N[C@@H](Cc1ccccc1)C(=O)O. The van der Waals surface area contributed by atoms with E-state index in [1.807, 2.05) is 60.7 Å². The number of amides is 2. The Labute approximate surface area is 205 Å². The van der Waals surface area contributed by atoms with Crippen molar-refractivity contribution in [1.29, 1.82) is 0 Å². The number of hydrogen-bond acceptors (Lipinski definition) is 4. The number of rotatable bonds is 8. The number of carbonyl (C=O) groups excluding carboxylic acids is 1. The predicted molar refractivity (Wildman–Crippen MR) is 136 cm³/mol. The molecule has 0 unspecified atom stereocenters. The van der Waals surface area contributed by atoms with E-state index in [1.54, 1.807) is 30.3 Å². The zero-order chi connectivity index (χ0) is 24.8. The Bertz CT molecular complexity index is 1340. The topological polar surface area (TPSA) is 116 Å². The number of nitrogens with one attached hydrogen (secondary N) is 2. The number of carboxylic acid groups (broad SMARTS) is 2. The maximum atomic E-state index is 12.6. The van der Waals surface area contributed by atoms with Crippen LogP contribution in [0.5, 0.6) is 0 Å². The summed E-state index contributed by atoms with van der Waals surface area (Å²) in [6.07, 6.45) is 0.0953. The molecule has 0 radical (unpaired) electrons. The Balaban J connectivity index is 1.51. The Morgan fingerprint density at radius 3 is 1.94 bits per heavy atom. The number of hydrogen-bond donors (Lipinski definition) is 4. The highest BCUT2D eigenvalue weighted by Crippen LogP contribution is 2.35. The molecule has 176 valence electrons. The maximum absolute atomic E-state index is 12.6. The normalized spacial score (nSPS) is 11.4. The van der Waals surface area contributed by atoms with Crippen LogP contribution in [-0.4, -0.2) is 34.2 Å². The number of aliphatic carboxylic acids is 1. The summed E-state index contributed by atoms with van der Waals surface area (Å²) in [6, 6.07) is 26.1. The average Bonchev–Trinajstić information content (AvgIpc) is 3.29. The second-order valence-electron chi connectivity index (χ2n) is 7.78. The van der Waals surface area contributed by atoms with Crippen molar-refractivity contribution in [1.82, 2.24) is 5.32 Å². The van der Waals surface area contributed by atoms with Gasteiger partial charge < -0.3 is 20.8 Å². The zero-order valence-electron chi connectivity index (χ0n) is 18.5. The molecular formula is C27H22N2O5S. The lowest BCUT2D eigenvalue weighted by molar-refractivity contribution is -0.139. The van der Waals surface area contributed by atoms with E-state index in [1.165, 1.54) is 0 Å². The van der Waals surface area contributed by atoms with Crippen LogP contribution in [0.1, 0.15) is 15.2 Å². The molecule has 4 aromatic rings. The number of urea groups is 1. The highest BCUT2D eigenvalue weighted by molar-refractivity contribution is 7.18. The summed E-state index contributed by atoms with van der Waals surface area (Å²) < 4.78 is 0. The van der Waals surface area contributed by atoms with Crippen molar-refractivity contribution in [3.05, 3.63) is 101 Å². The minimum atomic E-state index is -1.19. The molecule has 0 saturated carbocycles. The van der Waals surface area contributed by atoms with Crippen LogP contribution in [0.4, 0.5) is 10.5 Å². The molecule has 4 rings (SSSR count). The summed E-state index contributed by atoms with van der Waals surface area (Å²) in [5.74, 6) is -2.37. The number of anilines is 1. The minimum Gasteiger partial charge on any atom is -0.480 e. The Morgan fingerprint density at radius 2 is 1.34 bits per heavy atom. The molecular weight excluding hydrogens is 464 g/mol. The first-order valence-corrected chi connectivity index (χ1v) is 11.6. The quantitative estimate of drug-likeness (QED) is 0.259. The van der Waals surface area contributed by atoms with E-state index in [9.17, 15) is 24.6 Å². The molecule has 1 atom stereocenters. The van der Waals surface area contributed by atoms with E-state index >= 15 is 0 Å². The summed E-state index contributed by atoms with van der Waals surface area (Å²) in [5, 5.41) is 24.1. The molecule has 35 heavy (non-hydrogen) atoms. The van der Waals surface area contributed by atoms with E-state index in [4.69, 9.17) is 0 Å². The molecule has 0 fully saturated rings. The van der Waals surface area contributed by atoms with Crippen LogP contribution < -0.4 is 10.6 Å². The van der Waals surface area contributed by atoms with Crippen LogP contribution in [0.15, 0.2) is 91.0 Å². The predicted octanol–water partition coefficient (Wildman–Crippen LogP) is 5.60. The van der Waals surface area contributed by atoms with Gasteiger partial charge in [0.1, 0.15) is 10.9 Å². The van der Waals surface area contributed by atoms with Gasteiger partial charge in [-0.05, 0) is 28.3 Å². The molecule has 0 aliphatic carbocycles. The van der Waals surface area contributed by atoms with Crippen LogP contribution in [0.2, 0.25) is 0 Å². The van der Waals surface area contributed by atoms with Crippen LogP contribution in [0.3, 0.4) is 0 Å². The van der Waals surface area contributed by atoms with Crippen molar-refractivity contribution < 1.29 is 24.6 Å². The first kappa shape index (κ1) is 23.7. The lowest BCUT2D eigenvalue weighted by Crippen LogP contribution is -2.44. The largest absolute Gasteiger partial charge is 0.480 e. The summed E-state index contributed by atoms with van der Waals surface area (Å²) in [5.41, 5.74) is 3.76. The molecule has 4 N–H and O–H groups in total. The van der Waals surface area contributed by atoms with Crippen molar-refractivity contribution in [3.63, 3.8) is 0 Å². The van der Waals surface area contributed by atoms with Gasteiger partial charge in [0.15, 0.2) is 0 Å². The third kappa shape index (κ3) is 5.93. The fourth-order valence-electron chi connectivity index (χ4n) is 3.61. The molecule has 0 aliphatic heterocycles. The van der Waals surface area contributed by atoms with Gasteiger partial charge in [0, 0.05) is 11.3 Å². The van der Waals surface area contributed by atoms with E-state index in [-0.39, 0.29) is 17.0 Å². The first-order valence-electron chi connectivity index (χ1n) is 10.8. The maximum Gasteiger partial charge on any atom is 0.348 e. The van der Waals surface area contributed by atoms with Gasteiger partial charge in [0.25, 0.3) is 0 Å². The Kier molecular flexibility index (Phi) is 7.23. The van der Waals surface area contributed by atoms with Crippen molar-refractivity contribution in [2.24, 2.45) is 0 Å². The first-order chi connectivity index (χ1) is 16.9. The molecule has 0 aliphatic rings. The third-order valence-electron chi connectivity index (χ3n) is 5.34. The third-order valence-corrected chi connectivity index (χ3v) is 6.51. The van der Waals surface area contributed by atoms with E-state index < -0.39 is 24.0 Å². The molecule has 7 nitrogen and oxygen atoms in total. The monoisotopic (exact) mass is 486 g/mol. The van der Waals surface area contributed by atoms with Gasteiger partial charge in [-0.2, -0.15) is 0 Å². The lowest BCUT2D eigenvalue weighted by Gasteiger charge is -2.15. The molecule has 3 aromatic carbocycles. The molecule has 0 bridgehead atoms. The van der Waals surface area contributed by atoms with Gasteiger partial charge in [0.2, 0.25) is 0 Å². The van der Waals surface area contributed by atoms with Crippen LogP contribution in [0.25, 0.3) is 21.6 Å². The molecule has 8 heteroatoms. The minimum absolute atomic E-state index is 0.0442. The second kappa shape index (κ2) is 10.7. The molecule has 0 saturated heterocycles. The fourth-order valence-corrected chi connectivity index (χ4v) is 4.57. The van der Waals surface area contributed by atoms with Gasteiger partial charge in [-0.25, -0.2) is 14.4 Å². The van der Waals surface area contributed by atoms with E-state index in [2.05, 4.69) is 10.6 Å². The van der Waals surface area contributed by atoms with Crippen LogP contribution in [-0.2, 0) is 11.2 Å². The Morgan fingerprint density at radius 1 is 0.771 bits per heavy atom. The smallest absolute Gasteiger partial charge is 0.348 e. The summed E-state index contributed by atoms with van der Waals surface area (Å²) >= 11 is 1.03. The Hall–Kier alpha value is -4.43. The number of thiophene rings is 1. The van der Waals surface area contributed by atoms with Gasteiger partial charge in [-0.15, -0.1) is 11.3 Å². The standard InChI is InChI=1S/C27H22N2O5S/c30-25(31)22(15-17-7-3-1-4-8-17)29-27(34)28-21-16-23(35-24(21)26(32)33)20-13-11-19(12-14-20)18-9-5-2-6-10-18/h1-14,16,22H,15H2,(H,30,31)(H,32,33)(H2,28,29,34)/t22-/m0/s1. The number of carbonyl (C=O) groups is 3. The van der Waals surface area contributed by atoms with Crippen molar-refractivity contribution in [2.75, 3.05) is 5.32 Å². The van der Waals surface area contributed by atoms with Crippen LogP contribution >= 0.6 is 11.3 Å². The highest BCUT2D eigenvalue weighted by atomic mass is 32.1. The summed E-state index contributed by atoms with van der Waals surface area (Å²) in [6.45, 7) is 0. The molecule has 2 amide bonds. The van der Waals surface area contributed by atoms with Crippen molar-refractivity contribution >= 4 is 35.0 Å². The lowest BCUT2D eigenvalue weighted by atomic mass is 10.0. The molecule has 1 aromatic heterocycles. The average molecular weight is 487 g/mol. The number of aromatic carboxylic acids is 1. The van der Waals surface area contributed by atoms with Crippen LogP contribution in [0, 0.1) is 0 Å². The second-order valence-corrected chi connectivity index (χ2v) is 8.83. The zero-order valence-corrected chi connectivity index (χ0v) is 19.3. The summed E-state index contributed by atoms with van der Waals surface area (Å²) in [4.78, 5) is 36.6. The molecule has 1 heterocycles. The van der Waals surface area contributed by atoms with Gasteiger partial charge >= 0.3 is 18.0 Å². The van der Waals surface area contributed by atoms with Gasteiger partial charge in [-0.3, -0.25) is 0 Å². The number of carboxylic acids is 2. The van der Waals surface area contributed by atoms with Crippen molar-refractivity contribution in [3.8, 4) is 21.6 Å². The van der Waals surface area contributed by atoms with Gasteiger partial charge in [-0.1, -0.05) is 84.9 Å². The number of benzene rings is 3. The fraction of sp³-hybridized carbons (Fsp3) is 0.0741. The molecule has 0 spiro atoms. The highest BCUT2D eigenvalue weighted by Gasteiger charge is 2.23. The van der Waals surface area contributed by atoms with E-state index in [0.717, 1.165) is 33.6 Å². The van der Waals surface area contributed by atoms with E-state index in [0.29, 0.717) is 4.88 Å². The van der Waals surface area contributed by atoms with Gasteiger partial charge in [0.05, 0.1) is 5.69 Å². The summed E-state index contributed by atoms with van der Waals surface area (Å²) in [7, 11) is 0.